The van der Waals surface area contributed by atoms with Gasteiger partial charge in [-0.15, -0.1) is 0 Å². The van der Waals surface area contributed by atoms with Crippen LogP contribution in [0.3, 0.4) is 0 Å². The molecule has 0 radical (unpaired) electrons. The minimum Gasteiger partial charge on any atom is -0.389 e. The Morgan fingerprint density at radius 2 is 1.12 bits per heavy atom. The van der Waals surface area contributed by atoms with E-state index in [1.165, 1.54) is 17.0 Å². The Kier molecular flexibility index (Phi) is 58.1. The summed E-state index contributed by atoms with van der Waals surface area (Å²) in [5, 5.41) is 38.4. The minimum atomic E-state index is -2.97. The molecule has 91 heavy (non-hydrogen) atoms. The van der Waals surface area contributed by atoms with Crippen molar-refractivity contribution in [1.82, 2.24) is 25.2 Å². The van der Waals surface area contributed by atoms with Crippen molar-refractivity contribution in [2.24, 2.45) is 44.4 Å². The summed E-state index contributed by atoms with van der Waals surface area (Å²) in [6.07, 6.45) is 21.4. The first-order chi connectivity index (χ1) is 41.6. The van der Waals surface area contributed by atoms with Crippen LogP contribution in [-0.4, -0.2) is 146 Å². The molecule has 536 valence electrons. The predicted octanol–water partition coefficient (Wildman–Crippen LogP) is 13.0. The topological polar surface area (TPSA) is 286 Å². The number of aliphatic imine (C=N–C) groups is 1. The summed E-state index contributed by atoms with van der Waals surface area (Å²) in [4.78, 5) is 72.7. The standard InChI is InChI=1S/C13H22N2O2.C10H20N4.C10H20O2.C10H20O.C9H19N3O2.C9H18O2.C8H19NO2S/c1-13(2,3)7-6-8-14-9-10(15(4)5)12(17)11(9)16;1-9(2)6-5-7-12-10(13-8-11)14(3)4;1-10(2,3)7-5-6-9(11)8-12-4;1-5-9(11)7-6-8-10(2,3)4;1-8(2)5-4-6-11-9(10-3)7-12(13)14;1-9(2,3)6-4-5-8(11)7-10;1-8(2)6-5-7-9(3)12(4,10)11/h14H,6-8H2,1-5H3;9H,5-7H2,1-4H3,(H,12,13);5-8H2,1-4H3;5-8H2,1-4H3;7-8,10-11H,4-6H2,1-3H3;10H,4-7H2,1-3H3;8H,5-7H2,1-4H3/b;;;;9-7+;;. The van der Waals surface area contributed by atoms with Crippen LogP contribution < -0.4 is 37.0 Å². The number of anilines is 2. The molecule has 0 aliphatic rings. The van der Waals surface area contributed by atoms with Gasteiger partial charge in [-0.1, -0.05) is 132 Å². The Morgan fingerprint density at radius 1 is 0.692 bits per heavy atom. The van der Waals surface area contributed by atoms with Gasteiger partial charge in [-0.05, 0) is 129 Å². The maximum absolute atomic E-state index is 11.4. The van der Waals surface area contributed by atoms with E-state index in [1.54, 1.807) is 45.1 Å². The highest BCUT2D eigenvalue weighted by Gasteiger charge is 2.22. The summed E-state index contributed by atoms with van der Waals surface area (Å²) in [6.45, 7) is 44.0. The number of sulfonamides is 1. The minimum absolute atomic E-state index is 0.0470. The first-order valence-electron chi connectivity index (χ1n) is 33.0. The Balaban J connectivity index is -0.000000233. The van der Waals surface area contributed by atoms with Crippen LogP contribution in [0.15, 0.2) is 26.6 Å². The average Bonchev–Trinajstić information content (AvgIpc) is 0.782. The second-order valence-corrected chi connectivity index (χ2v) is 31.8. The number of ether oxygens (including phenoxy) is 1. The largest absolute Gasteiger partial charge is 0.389 e. The molecular weight excluding hydrogens is 1180 g/mol. The van der Waals surface area contributed by atoms with Gasteiger partial charge in [-0.3, -0.25) is 44.4 Å². The number of hydrogen-bond donors (Lipinski definition) is 5. The number of nitrogens with zero attached hydrogens (tertiary/aromatic N) is 6. The lowest BCUT2D eigenvalue weighted by molar-refractivity contribution is -0.404. The lowest BCUT2D eigenvalue weighted by Gasteiger charge is -2.21. The van der Waals surface area contributed by atoms with Gasteiger partial charge in [0.1, 0.15) is 30.4 Å². The Hall–Kier alpha value is -4.98. The number of hydrogen-bond acceptors (Lipinski definition) is 17. The highest BCUT2D eigenvalue weighted by atomic mass is 32.2. The monoisotopic (exact) mass is 1320 g/mol. The van der Waals surface area contributed by atoms with Crippen molar-refractivity contribution < 1.29 is 37.6 Å². The first-order valence-corrected chi connectivity index (χ1v) is 34.9. The van der Waals surface area contributed by atoms with E-state index >= 15 is 0 Å². The Morgan fingerprint density at radius 3 is 1.48 bits per heavy atom. The zero-order chi connectivity index (χ0) is 72.4. The summed E-state index contributed by atoms with van der Waals surface area (Å²) < 4.78 is 28.0. The van der Waals surface area contributed by atoms with E-state index in [-0.39, 0.29) is 35.6 Å². The van der Waals surface area contributed by atoms with Crippen molar-refractivity contribution in [3.05, 3.63) is 42.6 Å². The third-order valence-electron chi connectivity index (χ3n) is 13.2. The fraction of sp³-hybridized carbons (Fsp3) is 0.841. The van der Waals surface area contributed by atoms with Crippen LogP contribution >= 0.6 is 0 Å². The number of carbonyl (C=O) groups is 3. The smallest absolute Gasteiger partial charge is 0.274 e. The van der Waals surface area contributed by atoms with E-state index in [9.17, 15) is 42.5 Å². The van der Waals surface area contributed by atoms with Gasteiger partial charge in [0.25, 0.3) is 17.1 Å². The molecule has 0 aliphatic carbocycles. The average molecular weight is 1320 g/mol. The van der Waals surface area contributed by atoms with Gasteiger partial charge in [-0.2, -0.15) is 5.26 Å². The molecule has 0 atom stereocenters. The molecule has 0 saturated heterocycles. The lowest BCUT2D eigenvalue weighted by atomic mass is 9.89. The van der Waals surface area contributed by atoms with Crippen LogP contribution in [0.5, 0.6) is 0 Å². The zero-order valence-electron chi connectivity index (χ0n) is 62.9. The summed E-state index contributed by atoms with van der Waals surface area (Å²) in [7, 11) is 9.15. The molecule has 0 aliphatic heterocycles. The summed E-state index contributed by atoms with van der Waals surface area (Å²) in [5.41, 5.74) is 1.55. The SMILES string of the molecule is CC(C)(C)CCCC(=O)CO.CC(C)CCCN(C)S(C)(=O)=O.CC(C)CCCN=C(NC#N)N(C)C.CCC(=O)CCCC(C)(C)C.CN(C)c1c(NCCCC(C)(C)C)c(=O)c1=O.CN/C(=C\[N+](=O)[O-])NCCCC(C)C.COCC(=O)CCCC(C)(C)C. The number of aliphatic hydroxyl groups excluding tert-OH is 1. The van der Waals surface area contributed by atoms with Crippen molar-refractivity contribution in [3.63, 3.8) is 0 Å². The fourth-order valence-corrected chi connectivity index (χ4v) is 8.15. The number of nitrogens with one attached hydrogen (secondary N) is 4. The molecule has 0 unspecified atom stereocenters. The van der Waals surface area contributed by atoms with Crippen LogP contribution in [-0.2, 0) is 29.1 Å². The van der Waals surface area contributed by atoms with Gasteiger partial charge in [0.2, 0.25) is 16.0 Å². The van der Waals surface area contributed by atoms with Gasteiger partial charge in [0.15, 0.2) is 23.6 Å². The first kappa shape index (κ1) is 97.1. The highest BCUT2D eigenvalue weighted by Crippen LogP contribution is 2.24. The Bertz CT molecular complexity index is 2310. The van der Waals surface area contributed by atoms with Gasteiger partial charge in [0, 0.05) is 101 Å². The molecule has 0 heterocycles. The van der Waals surface area contributed by atoms with Crippen molar-refractivity contribution in [3.8, 4) is 6.19 Å². The summed E-state index contributed by atoms with van der Waals surface area (Å²) in [6, 6.07) is 0. The number of rotatable bonds is 34. The van der Waals surface area contributed by atoms with E-state index in [0.29, 0.717) is 88.2 Å². The number of aliphatic hydroxyl groups is 1. The van der Waals surface area contributed by atoms with Gasteiger partial charge in [0.05, 0.1) is 11.2 Å². The fourth-order valence-electron chi connectivity index (χ4n) is 7.69. The molecular formula is C69H138N10O11S. The normalized spacial score (nSPS) is 11.8. The summed E-state index contributed by atoms with van der Waals surface area (Å²) >= 11 is 0. The van der Waals surface area contributed by atoms with E-state index in [2.05, 4.69) is 151 Å². The van der Waals surface area contributed by atoms with Crippen LogP contribution in [0.25, 0.3) is 0 Å². The van der Waals surface area contributed by atoms with E-state index in [1.807, 2.05) is 27.2 Å². The maximum atomic E-state index is 11.4. The van der Waals surface area contributed by atoms with Gasteiger partial charge in [-0.25, -0.2) is 12.7 Å². The molecule has 1 aromatic rings. The highest BCUT2D eigenvalue weighted by molar-refractivity contribution is 7.88. The molecule has 1 rings (SSSR count). The third kappa shape index (κ3) is 72.3. The van der Waals surface area contributed by atoms with E-state index < -0.39 is 14.9 Å². The molecule has 0 spiro atoms. The molecule has 21 nitrogen and oxygen atoms in total. The number of guanidine groups is 1. The molecule has 0 bridgehead atoms. The van der Waals surface area contributed by atoms with Crippen molar-refractivity contribution in [1.29, 1.82) is 5.26 Å². The second-order valence-electron chi connectivity index (χ2n) is 29.7. The molecule has 22 heteroatoms. The number of Topliss-reactive ketones (excluding diaryl/α,β-unsaturated/α-hetero) is 3. The maximum Gasteiger partial charge on any atom is 0.274 e. The second kappa shape index (κ2) is 54.4. The van der Waals surface area contributed by atoms with Crippen molar-refractivity contribution in [2.45, 2.75) is 247 Å². The zero-order valence-corrected chi connectivity index (χ0v) is 63.7. The molecule has 0 amide bonds. The predicted molar refractivity (Wildman–Crippen MR) is 384 cm³/mol. The molecule has 0 aromatic heterocycles. The summed E-state index contributed by atoms with van der Waals surface area (Å²) in [5.74, 6) is 3.70. The van der Waals surface area contributed by atoms with Crippen molar-refractivity contribution >= 4 is 44.7 Å². The van der Waals surface area contributed by atoms with Crippen LogP contribution in [0.2, 0.25) is 0 Å². The molecule has 5 N–H and O–H groups in total. The van der Waals surface area contributed by atoms with E-state index in [0.717, 1.165) is 122 Å². The number of ketones is 3. The quantitative estimate of drug-likeness (QED) is 0.00626. The molecule has 0 fully saturated rings. The number of methoxy groups -OCH3 is 1. The third-order valence-corrected chi connectivity index (χ3v) is 14.5. The number of nitriles is 1. The van der Waals surface area contributed by atoms with Crippen LogP contribution in [0.4, 0.5) is 11.4 Å². The van der Waals surface area contributed by atoms with Gasteiger partial charge < -0.3 is 35.6 Å². The Labute approximate surface area is 555 Å². The molecule has 1 aromatic carbocycles. The van der Waals surface area contributed by atoms with Gasteiger partial charge >= 0.3 is 0 Å². The van der Waals surface area contributed by atoms with Crippen LogP contribution in [0, 0.1) is 61.0 Å². The lowest BCUT2D eigenvalue weighted by Crippen LogP contribution is -2.40. The molecule has 0 saturated carbocycles. The number of nitro groups is 1. The number of carbonyl (C=O) groups excluding carboxylic acids is 3. The van der Waals surface area contributed by atoms with Crippen LogP contribution in [0.1, 0.15) is 247 Å². The van der Waals surface area contributed by atoms with E-state index in [4.69, 9.17) is 15.1 Å². The van der Waals surface area contributed by atoms with Crippen molar-refractivity contribution in [2.75, 3.05) is 105 Å².